The van der Waals surface area contributed by atoms with Gasteiger partial charge in [-0.2, -0.15) is 0 Å². The Bertz CT molecular complexity index is 434. The molecule has 0 atom stereocenters. The normalized spacial score (nSPS) is 10.4. The molecule has 0 spiro atoms. The van der Waals surface area contributed by atoms with Gasteiger partial charge >= 0.3 is 0 Å². The molecular weight excluding hydrogens is 178 g/mol. The van der Waals surface area contributed by atoms with Gasteiger partial charge in [-0.25, -0.2) is 4.68 Å². The van der Waals surface area contributed by atoms with Crippen LogP contribution in [0.25, 0.3) is 5.69 Å². The predicted molar refractivity (Wildman–Crippen MR) is 51.8 cm³/mol. The second kappa shape index (κ2) is 3.55. The first-order valence-electron chi connectivity index (χ1n) is 4.33. The minimum atomic E-state index is 0.418. The summed E-state index contributed by atoms with van der Waals surface area (Å²) in [4.78, 5) is 4.09. The molecule has 2 heterocycles. The van der Waals surface area contributed by atoms with Crippen molar-refractivity contribution < 1.29 is 0 Å². The van der Waals surface area contributed by atoms with Crippen LogP contribution in [0.2, 0.25) is 0 Å². The Morgan fingerprint density at radius 2 is 2.21 bits per heavy atom. The van der Waals surface area contributed by atoms with Gasteiger partial charge in [-0.3, -0.25) is 4.98 Å². The molecule has 2 N–H and O–H groups in total. The van der Waals surface area contributed by atoms with Crippen molar-refractivity contribution in [2.75, 3.05) is 0 Å². The summed E-state index contributed by atoms with van der Waals surface area (Å²) in [5.74, 6) is 0. The van der Waals surface area contributed by atoms with Gasteiger partial charge in [0.2, 0.25) is 0 Å². The van der Waals surface area contributed by atoms with E-state index in [1.807, 2.05) is 13.0 Å². The molecule has 0 fully saturated rings. The Labute approximate surface area is 81.6 Å². The van der Waals surface area contributed by atoms with Crippen molar-refractivity contribution in [1.29, 1.82) is 0 Å². The SMILES string of the molecule is Cc1cncc(-n2nncc2CN)c1. The standard InChI is InChI=1S/C9H11N5/c1-7-2-8(5-11-4-7)14-9(3-10)6-12-13-14/h2,4-6H,3,10H2,1H3. The first-order chi connectivity index (χ1) is 6.81. The zero-order chi connectivity index (χ0) is 9.97. The van der Waals surface area contributed by atoms with E-state index in [1.165, 1.54) is 0 Å². The lowest BCUT2D eigenvalue weighted by Gasteiger charge is -2.03. The van der Waals surface area contributed by atoms with E-state index in [4.69, 9.17) is 5.73 Å². The summed E-state index contributed by atoms with van der Waals surface area (Å²) < 4.78 is 1.69. The van der Waals surface area contributed by atoms with Gasteiger partial charge in [0.1, 0.15) is 0 Å². The van der Waals surface area contributed by atoms with Crippen molar-refractivity contribution in [2.24, 2.45) is 5.73 Å². The average molecular weight is 189 g/mol. The number of aromatic nitrogens is 4. The van der Waals surface area contributed by atoms with Gasteiger partial charge in [-0.15, -0.1) is 5.10 Å². The highest BCUT2D eigenvalue weighted by molar-refractivity contribution is 5.31. The lowest BCUT2D eigenvalue weighted by molar-refractivity contribution is 0.757. The molecule has 0 saturated heterocycles. The third kappa shape index (κ3) is 1.49. The summed E-state index contributed by atoms with van der Waals surface area (Å²) in [5.41, 5.74) is 8.40. The number of rotatable bonds is 2. The number of nitrogens with zero attached hydrogens (tertiary/aromatic N) is 4. The Morgan fingerprint density at radius 3 is 2.93 bits per heavy atom. The van der Waals surface area contributed by atoms with Crippen LogP contribution in [0.1, 0.15) is 11.3 Å². The maximum atomic E-state index is 5.55. The number of hydrogen-bond donors (Lipinski definition) is 1. The number of pyridine rings is 1. The summed E-state index contributed by atoms with van der Waals surface area (Å²) in [6.45, 7) is 2.40. The molecule has 72 valence electrons. The number of nitrogens with two attached hydrogens (primary N) is 1. The van der Waals surface area contributed by atoms with Gasteiger partial charge in [-0.05, 0) is 18.6 Å². The van der Waals surface area contributed by atoms with Crippen molar-refractivity contribution in [3.8, 4) is 5.69 Å². The molecule has 0 radical (unpaired) electrons. The smallest absolute Gasteiger partial charge is 0.0853 e. The Kier molecular flexibility index (Phi) is 2.24. The quantitative estimate of drug-likeness (QED) is 0.743. The van der Waals surface area contributed by atoms with Gasteiger partial charge in [0, 0.05) is 12.7 Å². The van der Waals surface area contributed by atoms with Crippen molar-refractivity contribution in [1.82, 2.24) is 20.0 Å². The predicted octanol–water partition coefficient (Wildman–Crippen LogP) is 0.429. The summed E-state index contributed by atoms with van der Waals surface area (Å²) in [6, 6.07) is 1.99. The average Bonchev–Trinajstić information content (AvgIpc) is 2.65. The number of aryl methyl sites for hydroxylation is 1. The molecule has 0 unspecified atom stereocenters. The van der Waals surface area contributed by atoms with Gasteiger partial charge in [0.15, 0.2) is 0 Å². The second-order valence-electron chi connectivity index (χ2n) is 3.06. The van der Waals surface area contributed by atoms with Crippen LogP contribution in [0.3, 0.4) is 0 Å². The summed E-state index contributed by atoms with van der Waals surface area (Å²) in [7, 11) is 0. The van der Waals surface area contributed by atoms with Crippen LogP contribution in [0, 0.1) is 6.92 Å². The molecular formula is C9H11N5. The van der Waals surface area contributed by atoms with E-state index in [9.17, 15) is 0 Å². The van der Waals surface area contributed by atoms with Crippen LogP contribution in [-0.2, 0) is 6.54 Å². The number of hydrogen-bond acceptors (Lipinski definition) is 4. The molecule has 14 heavy (non-hydrogen) atoms. The molecule has 5 nitrogen and oxygen atoms in total. The van der Waals surface area contributed by atoms with Gasteiger partial charge in [0.05, 0.1) is 23.8 Å². The third-order valence-corrected chi connectivity index (χ3v) is 1.93. The summed E-state index contributed by atoms with van der Waals surface area (Å²) in [6.07, 6.45) is 5.19. The van der Waals surface area contributed by atoms with Crippen molar-refractivity contribution in [3.63, 3.8) is 0 Å². The molecule has 0 aromatic carbocycles. The van der Waals surface area contributed by atoms with E-state index < -0.39 is 0 Å². The molecule has 0 aliphatic carbocycles. The summed E-state index contributed by atoms with van der Waals surface area (Å²) in [5, 5.41) is 7.75. The first-order valence-corrected chi connectivity index (χ1v) is 4.33. The molecule has 2 aromatic heterocycles. The zero-order valence-corrected chi connectivity index (χ0v) is 7.88. The van der Waals surface area contributed by atoms with E-state index in [1.54, 1.807) is 23.3 Å². The highest BCUT2D eigenvalue weighted by Crippen LogP contribution is 2.08. The maximum absolute atomic E-state index is 5.55. The van der Waals surface area contributed by atoms with Crippen molar-refractivity contribution in [3.05, 3.63) is 35.9 Å². The lowest BCUT2D eigenvalue weighted by atomic mass is 10.3. The van der Waals surface area contributed by atoms with Gasteiger partial charge in [0.25, 0.3) is 0 Å². The fourth-order valence-electron chi connectivity index (χ4n) is 1.27. The topological polar surface area (TPSA) is 69.6 Å². The lowest BCUT2D eigenvalue weighted by Crippen LogP contribution is -2.07. The Hall–Kier alpha value is -1.75. The van der Waals surface area contributed by atoms with Crippen LogP contribution in [0.4, 0.5) is 0 Å². The molecule has 0 bridgehead atoms. The van der Waals surface area contributed by atoms with Gasteiger partial charge in [-0.1, -0.05) is 5.21 Å². The Balaban J connectivity index is 2.49. The molecule has 0 saturated carbocycles. The van der Waals surface area contributed by atoms with Crippen molar-refractivity contribution in [2.45, 2.75) is 13.5 Å². The minimum Gasteiger partial charge on any atom is -0.325 e. The molecule has 2 rings (SSSR count). The first kappa shape index (κ1) is 8.83. The third-order valence-electron chi connectivity index (χ3n) is 1.93. The van der Waals surface area contributed by atoms with Crippen LogP contribution >= 0.6 is 0 Å². The van der Waals surface area contributed by atoms with E-state index in [0.29, 0.717) is 6.54 Å². The molecule has 2 aromatic rings. The monoisotopic (exact) mass is 189 g/mol. The molecule has 0 aliphatic rings. The van der Waals surface area contributed by atoms with Crippen LogP contribution in [-0.4, -0.2) is 20.0 Å². The van der Waals surface area contributed by atoms with Crippen LogP contribution in [0.5, 0.6) is 0 Å². The molecule has 5 heteroatoms. The van der Waals surface area contributed by atoms with Gasteiger partial charge < -0.3 is 5.73 Å². The molecule has 0 amide bonds. The highest BCUT2D eigenvalue weighted by Gasteiger charge is 2.04. The largest absolute Gasteiger partial charge is 0.325 e. The fourth-order valence-corrected chi connectivity index (χ4v) is 1.27. The fraction of sp³-hybridized carbons (Fsp3) is 0.222. The zero-order valence-electron chi connectivity index (χ0n) is 7.88. The van der Waals surface area contributed by atoms with E-state index in [-0.39, 0.29) is 0 Å². The molecule has 0 aliphatic heterocycles. The minimum absolute atomic E-state index is 0.418. The van der Waals surface area contributed by atoms with Crippen molar-refractivity contribution >= 4 is 0 Å². The van der Waals surface area contributed by atoms with Crippen LogP contribution in [0.15, 0.2) is 24.7 Å². The van der Waals surface area contributed by atoms with E-state index in [2.05, 4.69) is 15.3 Å². The summed E-state index contributed by atoms with van der Waals surface area (Å²) >= 11 is 0. The van der Waals surface area contributed by atoms with Crippen LogP contribution < -0.4 is 5.73 Å². The maximum Gasteiger partial charge on any atom is 0.0853 e. The van der Waals surface area contributed by atoms with E-state index >= 15 is 0 Å². The van der Waals surface area contributed by atoms with E-state index in [0.717, 1.165) is 16.9 Å². The second-order valence-corrected chi connectivity index (χ2v) is 3.06. The highest BCUT2D eigenvalue weighted by atomic mass is 15.4. The Morgan fingerprint density at radius 1 is 1.36 bits per heavy atom.